The minimum absolute atomic E-state index is 0.799. The largest absolute Gasteiger partial charge is 0.494 e. The van der Waals surface area contributed by atoms with Gasteiger partial charge in [0, 0.05) is 0 Å². The number of rotatable bonds is 6. The lowest BCUT2D eigenvalue weighted by Crippen LogP contribution is -1.95. The molecule has 0 aromatic heterocycles. The summed E-state index contributed by atoms with van der Waals surface area (Å²) in [6.45, 7) is 9.49. The van der Waals surface area contributed by atoms with Crippen LogP contribution in [0.5, 0.6) is 5.75 Å². The molecule has 22 heavy (non-hydrogen) atoms. The molecule has 0 saturated carbocycles. The molecule has 0 aliphatic heterocycles. The molecule has 0 aliphatic carbocycles. The molecule has 0 unspecified atom stereocenters. The molecule has 2 aromatic carbocycles. The molecule has 0 aliphatic rings. The highest BCUT2D eigenvalue weighted by Gasteiger charge is 1.99. The average molecular weight is 294 g/mol. The van der Waals surface area contributed by atoms with Gasteiger partial charge in [0.2, 0.25) is 0 Å². The molecule has 0 saturated heterocycles. The topological polar surface area (TPSA) is 9.23 Å². The van der Waals surface area contributed by atoms with E-state index in [2.05, 4.69) is 64.1 Å². The predicted octanol–water partition coefficient (Wildman–Crippen LogP) is 5.96. The Bertz CT molecular complexity index is 612. The van der Waals surface area contributed by atoms with Crippen LogP contribution in [0.4, 0.5) is 0 Å². The highest BCUT2D eigenvalue weighted by Crippen LogP contribution is 2.18. The van der Waals surface area contributed by atoms with E-state index in [4.69, 9.17) is 4.74 Å². The maximum absolute atomic E-state index is 5.68. The van der Waals surface area contributed by atoms with Gasteiger partial charge in [-0.3, -0.25) is 0 Å². The summed E-state index contributed by atoms with van der Waals surface area (Å²) in [7, 11) is 0. The van der Waals surface area contributed by atoms with E-state index in [0.717, 1.165) is 25.2 Å². The van der Waals surface area contributed by atoms with Crippen molar-refractivity contribution in [1.82, 2.24) is 0 Å². The Morgan fingerprint density at radius 1 is 0.864 bits per heavy atom. The van der Waals surface area contributed by atoms with Gasteiger partial charge in [0.05, 0.1) is 6.61 Å². The van der Waals surface area contributed by atoms with Crippen molar-refractivity contribution in [2.45, 2.75) is 40.5 Å². The van der Waals surface area contributed by atoms with Crippen molar-refractivity contribution in [1.29, 1.82) is 0 Å². The molecule has 0 bridgehead atoms. The lowest BCUT2D eigenvalue weighted by Gasteiger charge is -2.06. The summed E-state index contributed by atoms with van der Waals surface area (Å²) in [6.07, 6.45) is 6.59. The van der Waals surface area contributed by atoms with Gasteiger partial charge < -0.3 is 4.74 Å². The summed E-state index contributed by atoms with van der Waals surface area (Å²) in [5, 5.41) is 0. The summed E-state index contributed by atoms with van der Waals surface area (Å²) in [5.41, 5.74) is 6.52. The molecular weight excluding hydrogens is 268 g/mol. The Balaban J connectivity index is 2.04. The summed E-state index contributed by atoms with van der Waals surface area (Å²) in [5.74, 6) is 0.952. The van der Waals surface area contributed by atoms with Gasteiger partial charge in [-0.05, 0) is 67.1 Å². The summed E-state index contributed by atoms with van der Waals surface area (Å²) in [4.78, 5) is 0. The van der Waals surface area contributed by atoms with Crippen molar-refractivity contribution in [2.75, 3.05) is 6.61 Å². The Hall–Kier alpha value is -2.02. The Morgan fingerprint density at radius 2 is 1.45 bits per heavy atom. The van der Waals surface area contributed by atoms with E-state index in [-0.39, 0.29) is 0 Å². The Morgan fingerprint density at radius 3 is 2.05 bits per heavy atom. The Labute approximate surface area is 134 Å². The molecule has 0 heterocycles. The highest BCUT2D eigenvalue weighted by atomic mass is 16.5. The maximum atomic E-state index is 5.68. The fourth-order valence-electron chi connectivity index (χ4n) is 2.37. The van der Waals surface area contributed by atoms with E-state index >= 15 is 0 Å². The van der Waals surface area contributed by atoms with Gasteiger partial charge in [-0.15, -0.1) is 0 Å². The van der Waals surface area contributed by atoms with E-state index in [1.807, 2.05) is 12.1 Å². The third-order valence-electron chi connectivity index (χ3n) is 4.06. The fourth-order valence-corrected chi connectivity index (χ4v) is 2.37. The first-order valence-electron chi connectivity index (χ1n) is 8.09. The van der Waals surface area contributed by atoms with Gasteiger partial charge in [-0.2, -0.15) is 0 Å². The minimum atomic E-state index is 0.799. The zero-order chi connectivity index (χ0) is 15.9. The monoisotopic (exact) mass is 294 g/mol. The Kier molecular flexibility index (Phi) is 5.83. The average Bonchev–Trinajstić information content (AvgIpc) is 2.52. The zero-order valence-corrected chi connectivity index (χ0v) is 14.1. The molecular formula is C21H26O. The fraction of sp³-hybridized carbons (Fsp3) is 0.333. The first-order valence-corrected chi connectivity index (χ1v) is 8.09. The van der Waals surface area contributed by atoms with Crippen molar-refractivity contribution in [3.8, 4) is 5.75 Å². The van der Waals surface area contributed by atoms with E-state index in [0.29, 0.717) is 0 Å². The molecule has 0 spiro atoms. The van der Waals surface area contributed by atoms with Crippen molar-refractivity contribution in [3.63, 3.8) is 0 Å². The zero-order valence-electron chi connectivity index (χ0n) is 14.1. The third-order valence-corrected chi connectivity index (χ3v) is 4.06. The van der Waals surface area contributed by atoms with Crippen LogP contribution in [0.2, 0.25) is 0 Å². The summed E-state index contributed by atoms with van der Waals surface area (Å²) < 4.78 is 5.68. The molecule has 1 nitrogen and oxygen atoms in total. The number of aryl methyl sites for hydroxylation is 2. The van der Waals surface area contributed by atoms with Crippen LogP contribution in [0.1, 0.15) is 47.6 Å². The van der Waals surface area contributed by atoms with Crippen molar-refractivity contribution in [2.24, 2.45) is 0 Å². The molecule has 0 radical (unpaired) electrons. The lowest BCUT2D eigenvalue weighted by atomic mass is 10.00. The molecule has 0 N–H and O–H groups in total. The second-order valence-electron chi connectivity index (χ2n) is 5.88. The normalized spacial score (nSPS) is 11.1. The predicted molar refractivity (Wildman–Crippen MR) is 96.4 cm³/mol. The van der Waals surface area contributed by atoms with Gasteiger partial charge in [-0.1, -0.05) is 49.8 Å². The standard InChI is InChI=1S/C21H26O/c1-5-6-13-22-21-11-9-19(10-12-21)7-8-20-14-16(2)18(4)17(3)15-20/h7-12,14-15H,5-6,13H2,1-4H3/b8-7+. The van der Waals surface area contributed by atoms with E-state index in [1.54, 1.807) is 0 Å². The molecule has 2 aromatic rings. The number of unbranched alkanes of at least 4 members (excludes halogenated alkanes) is 1. The van der Waals surface area contributed by atoms with Gasteiger partial charge in [-0.25, -0.2) is 0 Å². The molecule has 116 valence electrons. The summed E-state index contributed by atoms with van der Waals surface area (Å²) >= 11 is 0. The summed E-state index contributed by atoms with van der Waals surface area (Å²) in [6, 6.07) is 12.8. The number of hydrogen-bond acceptors (Lipinski definition) is 1. The van der Waals surface area contributed by atoms with Gasteiger partial charge in [0.25, 0.3) is 0 Å². The van der Waals surface area contributed by atoms with E-state index in [1.165, 1.54) is 27.8 Å². The molecule has 0 fully saturated rings. The smallest absolute Gasteiger partial charge is 0.119 e. The van der Waals surface area contributed by atoms with Gasteiger partial charge in [0.1, 0.15) is 5.75 Å². The van der Waals surface area contributed by atoms with Crippen LogP contribution in [0.25, 0.3) is 12.2 Å². The maximum Gasteiger partial charge on any atom is 0.119 e. The minimum Gasteiger partial charge on any atom is -0.494 e. The lowest BCUT2D eigenvalue weighted by molar-refractivity contribution is 0.309. The third kappa shape index (κ3) is 4.49. The van der Waals surface area contributed by atoms with Crippen LogP contribution in [0.3, 0.4) is 0 Å². The first kappa shape index (κ1) is 16.4. The van der Waals surface area contributed by atoms with E-state index < -0.39 is 0 Å². The van der Waals surface area contributed by atoms with Crippen molar-refractivity contribution in [3.05, 3.63) is 64.2 Å². The molecule has 0 atom stereocenters. The number of hydrogen-bond donors (Lipinski definition) is 0. The number of benzene rings is 2. The van der Waals surface area contributed by atoms with Gasteiger partial charge in [0.15, 0.2) is 0 Å². The van der Waals surface area contributed by atoms with E-state index in [9.17, 15) is 0 Å². The second kappa shape index (κ2) is 7.84. The van der Waals surface area contributed by atoms with Crippen LogP contribution >= 0.6 is 0 Å². The molecule has 1 heteroatoms. The van der Waals surface area contributed by atoms with Crippen LogP contribution in [0.15, 0.2) is 36.4 Å². The van der Waals surface area contributed by atoms with Crippen molar-refractivity contribution < 1.29 is 4.74 Å². The van der Waals surface area contributed by atoms with Crippen molar-refractivity contribution >= 4 is 12.2 Å². The quantitative estimate of drug-likeness (QED) is 0.471. The second-order valence-corrected chi connectivity index (χ2v) is 5.88. The van der Waals surface area contributed by atoms with Crippen LogP contribution < -0.4 is 4.74 Å². The first-order chi connectivity index (χ1) is 10.6. The highest BCUT2D eigenvalue weighted by molar-refractivity contribution is 5.70. The molecule has 0 amide bonds. The van der Waals surface area contributed by atoms with Crippen LogP contribution in [-0.2, 0) is 0 Å². The number of ether oxygens (including phenoxy) is 1. The molecule has 2 rings (SSSR count). The van der Waals surface area contributed by atoms with Crippen LogP contribution in [-0.4, -0.2) is 6.61 Å². The van der Waals surface area contributed by atoms with Crippen LogP contribution in [0, 0.1) is 20.8 Å². The van der Waals surface area contributed by atoms with Gasteiger partial charge >= 0.3 is 0 Å². The SMILES string of the molecule is CCCCOc1ccc(/C=C/c2cc(C)c(C)c(C)c2)cc1.